The van der Waals surface area contributed by atoms with E-state index in [1.54, 1.807) is 0 Å². The zero-order valence-electron chi connectivity index (χ0n) is 11.8. The molecule has 1 atom stereocenters. The van der Waals surface area contributed by atoms with Gasteiger partial charge in [-0.1, -0.05) is 26.0 Å². The van der Waals surface area contributed by atoms with E-state index >= 15 is 0 Å². The third kappa shape index (κ3) is 5.19. The summed E-state index contributed by atoms with van der Waals surface area (Å²) in [5.74, 6) is 0.710. The number of ether oxygens (including phenoxy) is 1. The third-order valence-electron chi connectivity index (χ3n) is 3.47. The lowest BCUT2D eigenvalue weighted by Gasteiger charge is -2.25. The number of hydrogen-bond donors (Lipinski definition) is 3. The van der Waals surface area contributed by atoms with E-state index < -0.39 is 11.7 Å². The number of benzene rings is 1. The fourth-order valence-electron chi connectivity index (χ4n) is 1.79. The summed E-state index contributed by atoms with van der Waals surface area (Å²) in [7, 11) is 0. The minimum absolute atomic E-state index is 0.247. The molecular weight excluding hydrogens is 242 g/mol. The SMILES string of the molecule is CCC(O)(CC)COc1cccc(C[C@@H](O)CN)c1. The zero-order valence-corrected chi connectivity index (χ0v) is 11.8. The molecule has 0 aliphatic carbocycles. The number of nitrogens with two attached hydrogens (primary N) is 1. The van der Waals surface area contributed by atoms with Crippen LogP contribution in [-0.4, -0.2) is 35.1 Å². The summed E-state index contributed by atoms with van der Waals surface area (Å²) in [6.45, 7) is 4.42. The molecule has 108 valence electrons. The van der Waals surface area contributed by atoms with Crippen LogP contribution in [0.3, 0.4) is 0 Å². The quantitative estimate of drug-likeness (QED) is 0.667. The molecular formula is C15H25NO3. The molecule has 1 aromatic rings. The summed E-state index contributed by atoms with van der Waals surface area (Å²) in [5.41, 5.74) is 5.60. The average Bonchev–Trinajstić information content (AvgIpc) is 2.45. The lowest BCUT2D eigenvalue weighted by atomic mass is 9.99. The molecule has 0 saturated heterocycles. The summed E-state index contributed by atoms with van der Waals surface area (Å²) >= 11 is 0. The highest BCUT2D eigenvalue weighted by atomic mass is 16.5. The lowest BCUT2D eigenvalue weighted by molar-refractivity contribution is -0.0113. The van der Waals surface area contributed by atoms with Gasteiger partial charge < -0.3 is 20.7 Å². The third-order valence-corrected chi connectivity index (χ3v) is 3.47. The fraction of sp³-hybridized carbons (Fsp3) is 0.600. The molecule has 0 saturated carbocycles. The Hall–Kier alpha value is -1.10. The normalized spacial score (nSPS) is 13.3. The maximum absolute atomic E-state index is 10.2. The van der Waals surface area contributed by atoms with Gasteiger partial charge in [0.05, 0.1) is 11.7 Å². The van der Waals surface area contributed by atoms with Crippen LogP contribution in [-0.2, 0) is 6.42 Å². The van der Waals surface area contributed by atoms with Gasteiger partial charge in [-0.2, -0.15) is 0 Å². The Balaban J connectivity index is 2.62. The van der Waals surface area contributed by atoms with Crippen LogP contribution in [0, 0.1) is 0 Å². The monoisotopic (exact) mass is 267 g/mol. The van der Waals surface area contributed by atoms with Crippen LogP contribution in [0.4, 0.5) is 0 Å². The van der Waals surface area contributed by atoms with Crippen LogP contribution in [0.1, 0.15) is 32.3 Å². The van der Waals surface area contributed by atoms with Crippen molar-refractivity contribution in [3.05, 3.63) is 29.8 Å². The Kier molecular flexibility index (Phi) is 6.28. The maximum Gasteiger partial charge on any atom is 0.119 e. The van der Waals surface area contributed by atoms with Crippen LogP contribution in [0.15, 0.2) is 24.3 Å². The van der Waals surface area contributed by atoms with Gasteiger partial charge in [0, 0.05) is 6.54 Å². The first kappa shape index (κ1) is 16.0. The summed E-state index contributed by atoms with van der Waals surface area (Å²) < 4.78 is 5.65. The maximum atomic E-state index is 10.2. The van der Waals surface area contributed by atoms with Gasteiger partial charge >= 0.3 is 0 Å². The van der Waals surface area contributed by atoms with Crippen molar-refractivity contribution < 1.29 is 14.9 Å². The van der Waals surface area contributed by atoms with Crippen molar-refractivity contribution in [3.63, 3.8) is 0 Å². The van der Waals surface area contributed by atoms with E-state index in [1.165, 1.54) is 0 Å². The van der Waals surface area contributed by atoms with Crippen LogP contribution < -0.4 is 10.5 Å². The zero-order chi connectivity index (χ0) is 14.3. The van der Waals surface area contributed by atoms with Crippen LogP contribution in [0.25, 0.3) is 0 Å². The molecule has 4 heteroatoms. The van der Waals surface area contributed by atoms with Gasteiger partial charge in [0.25, 0.3) is 0 Å². The number of hydrogen-bond acceptors (Lipinski definition) is 4. The highest BCUT2D eigenvalue weighted by Gasteiger charge is 2.23. The molecule has 1 rings (SSSR count). The predicted molar refractivity (Wildman–Crippen MR) is 76.2 cm³/mol. The smallest absolute Gasteiger partial charge is 0.119 e. The molecule has 0 aromatic heterocycles. The van der Waals surface area contributed by atoms with Crippen LogP contribution in [0.2, 0.25) is 0 Å². The lowest BCUT2D eigenvalue weighted by Crippen LogP contribution is -2.34. The molecule has 0 unspecified atom stereocenters. The highest BCUT2D eigenvalue weighted by molar-refractivity contribution is 5.29. The van der Waals surface area contributed by atoms with Crippen molar-refractivity contribution in [3.8, 4) is 5.75 Å². The molecule has 0 heterocycles. The number of aliphatic hydroxyl groups excluding tert-OH is 1. The summed E-state index contributed by atoms with van der Waals surface area (Å²) in [6.07, 6.45) is 1.31. The molecule has 0 bridgehead atoms. The Bertz CT molecular complexity index is 377. The molecule has 1 aromatic carbocycles. The molecule has 0 aliphatic rings. The van der Waals surface area contributed by atoms with E-state index in [4.69, 9.17) is 10.5 Å². The molecule has 4 nitrogen and oxygen atoms in total. The summed E-state index contributed by atoms with van der Waals surface area (Å²) in [5, 5.41) is 19.7. The van der Waals surface area contributed by atoms with Gasteiger partial charge in [-0.05, 0) is 37.0 Å². The van der Waals surface area contributed by atoms with Crippen LogP contribution >= 0.6 is 0 Å². The standard InChI is InChI=1S/C15H25NO3/c1-3-15(18,4-2)11-19-14-7-5-6-12(9-14)8-13(17)10-16/h5-7,9,13,17-18H,3-4,8,10-11,16H2,1-2H3/t13-/m1/s1. The number of aliphatic hydroxyl groups is 2. The van der Waals surface area contributed by atoms with Gasteiger partial charge in [0.15, 0.2) is 0 Å². The van der Waals surface area contributed by atoms with Crippen molar-refractivity contribution in [1.29, 1.82) is 0 Å². The Labute approximate surface area is 115 Å². The first-order valence-corrected chi connectivity index (χ1v) is 6.85. The molecule has 19 heavy (non-hydrogen) atoms. The minimum Gasteiger partial charge on any atom is -0.491 e. The molecule has 0 spiro atoms. The predicted octanol–water partition coefficient (Wildman–Crippen LogP) is 1.48. The fourth-order valence-corrected chi connectivity index (χ4v) is 1.79. The Morgan fingerprint density at radius 3 is 2.58 bits per heavy atom. The van der Waals surface area contributed by atoms with Crippen molar-refractivity contribution in [2.75, 3.05) is 13.2 Å². The topological polar surface area (TPSA) is 75.7 Å². The van der Waals surface area contributed by atoms with E-state index in [9.17, 15) is 10.2 Å². The first-order valence-electron chi connectivity index (χ1n) is 6.85. The van der Waals surface area contributed by atoms with E-state index in [-0.39, 0.29) is 13.2 Å². The van der Waals surface area contributed by atoms with Gasteiger partial charge in [-0.15, -0.1) is 0 Å². The second-order valence-electron chi connectivity index (χ2n) is 4.96. The van der Waals surface area contributed by atoms with Crippen molar-refractivity contribution in [2.45, 2.75) is 44.8 Å². The second kappa shape index (κ2) is 7.48. The highest BCUT2D eigenvalue weighted by Crippen LogP contribution is 2.19. The minimum atomic E-state index is -0.771. The van der Waals surface area contributed by atoms with E-state index in [2.05, 4.69) is 0 Å². The van der Waals surface area contributed by atoms with Crippen molar-refractivity contribution >= 4 is 0 Å². The van der Waals surface area contributed by atoms with Gasteiger partial charge in [0.2, 0.25) is 0 Å². The van der Waals surface area contributed by atoms with Crippen molar-refractivity contribution in [2.24, 2.45) is 5.73 Å². The molecule has 0 aliphatic heterocycles. The van der Waals surface area contributed by atoms with Gasteiger partial charge in [0.1, 0.15) is 12.4 Å². The van der Waals surface area contributed by atoms with E-state index in [0.717, 1.165) is 5.56 Å². The first-order chi connectivity index (χ1) is 9.03. The Morgan fingerprint density at radius 2 is 2.00 bits per heavy atom. The van der Waals surface area contributed by atoms with Crippen molar-refractivity contribution in [1.82, 2.24) is 0 Å². The summed E-state index contributed by atoms with van der Waals surface area (Å²) in [4.78, 5) is 0. The average molecular weight is 267 g/mol. The molecule has 4 N–H and O–H groups in total. The van der Waals surface area contributed by atoms with E-state index in [0.29, 0.717) is 25.0 Å². The molecule has 0 fully saturated rings. The number of rotatable bonds is 8. The molecule has 0 amide bonds. The summed E-state index contributed by atoms with van der Waals surface area (Å²) in [6, 6.07) is 7.54. The largest absolute Gasteiger partial charge is 0.491 e. The van der Waals surface area contributed by atoms with E-state index in [1.807, 2.05) is 38.1 Å². The molecule has 0 radical (unpaired) electrons. The Morgan fingerprint density at radius 1 is 1.32 bits per heavy atom. The van der Waals surface area contributed by atoms with Crippen LogP contribution in [0.5, 0.6) is 5.75 Å². The van der Waals surface area contributed by atoms with Gasteiger partial charge in [-0.25, -0.2) is 0 Å². The van der Waals surface area contributed by atoms with Gasteiger partial charge in [-0.3, -0.25) is 0 Å². The second-order valence-corrected chi connectivity index (χ2v) is 4.96.